The van der Waals surface area contributed by atoms with Crippen molar-refractivity contribution in [3.05, 3.63) is 0 Å². The van der Waals surface area contributed by atoms with Crippen LogP contribution in [0.25, 0.3) is 0 Å². The lowest BCUT2D eigenvalue weighted by molar-refractivity contribution is -0.0300. The third-order valence-electron chi connectivity index (χ3n) is 4.55. The molecule has 1 heterocycles. The van der Waals surface area contributed by atoms with Gasteiger partial charge in [-0.05, 0) is 33.7 Å². The van der Waals surface area contributed by atoms with Crippen molar-refractivity contribution in [1.29, 1.82) is 0 Å². The standard InChI is InChI=1S/C13H26N2O/c1-10-8-15(9-11(2)14(10)3)12-6-4-5-7-13(12)16/h10-13,16H,4-9H2,1-3H3/t10?,11?,12-,13-/m0/s1. The molecule has 3 heteroatoms. The fourth-order valence-corrected chi connectivity index (χ4v) is 3.23. The first-order valence-corrected chi connectivity index (χ1v) is 6.73. The van der Waals surface area contributed by atoms with Gasteiger partial charge in [0, 0.05) is 31.2 Å². The lowest BCUT2D eigenvalue weighted by Crippen LogP contribution is -2.60. The Balaban J connectivity index is 1.98. The van der Waals surface area contributed by atoms with Gasteiger partial charge in [-0.2, -0.15) is 0 Å². The zero-order valence-electron chi connectivity index (χ0n) is 10.9. The number of hydrogen-bond acceptors (Lipinski definition) is 3. The molecular formula is C13H26N2O. The summed E-state index contributed by atoms with van der Waals surface area (Å²) < 4.78 is 0. The number of piperazine rings is 1. The van der Waals surface area contributed by atoms with Crippen molar-refractivity contribution in [1.82, 2.24) is 9.80 Å². The van der Waals surface area contributed by atoms with E-state index in [0.29, 0.717) is 18.1 Å². The summed E-state index contributed by atoms with van der Waals surface area (Å²) in [6.45, 7) is 6.81. The molecule has 3 nitrogen and oxygen atoms in total. The fraction of sp³-hybridized carbons (Fsp3) is 1.00. The highest BCUT2D eigenvalue weighted by molar-refractivity contribution is 4.90. The van der Waals surface area contributed by atoms with Crippen LogP contribution in [-0.2, 0) is 0 Å². The van der Waals surface area contributed by atoms with Gasteiger partial charge < -0.3 is 5.11 Å². The minimum Gasteiger partial charge on any atom is -0.391 e. The largest absolute Gasteiger partial charge is 0.391 e. The Kier molecular flexibility index (Phi) is 3.88. The highest BCUT2D eigenvalue weighted by Gasteiger charge is 2.34. The fourth-order valence-electron chi connectivity index (χ4n) is 3.23. The van der Waals surface area contributed by atoms with E-state index >= 15 is 0 Å². The van der Waals surface area contributed by atoms with Gasteiger partial charge >= 0.3 is 0 Å². The van der Waals surface area contributed by atoms with Gasteiger partial charge in [0.05, 0.1) is 6.10 Å². The molecule has 2 rings (SSSR count). The van der Waals surface area contributed by atoms with E-state index in [-0.39, 0.29) is 6.10 Å². The van der Waals surface area contributed by atoms with E-state index in [4.69, 9.17) is 0 Å². The topological polar surface area (TPSA) is 26.7 Å². The minimum absolute atomic E-state index is 0.0865. The smallest absolute Gasteiger partial charge is 0.0695 e. The summed E-state index contributed by atoms with van der Waals surface area (Å²) >= 11 is 0. The highest BCUT2D eigenvalue weighted by Crippen LogP contribution is 2.26. The summed E-state index contributed by atoms with van der Waals surface area (Å²) in [7, 11) is 2.21. The van der Waals surface area contributed by atoms with Gasteiger partial charge in [0.1, 0.15) is 0 Å². The number of aliphatic hydroxyl groups excluding tert-OH is 1. The van der Waals surface area contributed by atoms with Crippen LogP contribution in [0.1, 0.15) is 39.5 Å². The Hall–Kier alpha value is -0.120. The number of nitrogens with zero attached hydrogens (tertiary/aromatic N) is 2. The monoisotopic (exact) mass is 226 g/mol. The summed E-state index contributed by atoms with van der Waals surface area (Å²) in [5.41, 5.74) is 0. The summed E-state index contributed by atoms with van der Waals surface area (Å²) in [4.78, 5) is 4.98. The molecule has 2 unspecified atom stereocenters. The SMILES string of the molecule is CC1CN([C@H]2CCCC[C@@H]2O)CC(C)N1C. The molecule has 4 atom stereocenters. The Labute approximate surface area is 99.4 Å². The summed E-state index contributed by atoms with van der Waals surface area (Å²) in [6.07, 6.45) is 4.59. The maximum absolute atomic E-state index is 10.1. The molecule has 0 aromatic carbocycles. The van der Waals surface area contributed by atoms with Crippen LogP contribution in [0, 0.1) is 0 Å². The van der Waals surface area contributed by atoms with Gasteiger partial charge in [-0.1, -0.05) is 12.8 Å². The Morgan fingerprint density at radius 3 is 2.12 bits per heavy atom. The number of aliphatic hydroxyl groups is 1. The van der Waals surface area contributed by atoms with E-state index in [9.17, 15) is 5.11 Å². The predicted molar refractivity (Wildman–Crippen MR) is 66.5 cm³/mol. The lowest BCUT2D eigenvalue weighted by Gasteiger charge is -2.47. The Bertz CT molecular complexity index is 222. The third kappa shape index (κ3) is 2.41. The van der Waals surface area contributed by atoms with Gasteiger partial charge in [-0.25, -0.2) is 0 Å². The van der Waals surface area contributed by atoms with E-state index in [1.54, 1.807) is 0 Å². The predicted octanol–water partition coefficient (Wildman–Crippen LogP) is 1.31. The third-order valence-corrected chi connectivity index (χ3v) is 4.55. The molecule has 2 fully saturated rings. The van der Waals surface area contributed by atoms with Crippen molar-refractivity contribution >= 4 is 0 Å². The average molecular weight is 226 g/mol. The van der Waals surface area contributed by atoms with Crippen LogP contribution in [0.15, 0.2) is 0 Å². The molecule has 0 radical (unpaired) electrons. The zero-order chi connectivity index (χ0) is 11.7. The van der Waals surface area contributed by atoms with Crippen LogP contribution in [-0.4, -0.2) is 59.3 Å². The molecule has 0 aromatic heterocycles. The molecule has 1 aliphatic heterocycles. The van der Waals surface area contributed by atoms with Crippen molar-refractivity contribution < 1.29 is 5.11 Å². The molecule has 1 N–H and O–H groups in total. The molecule has 0 spiro atoms. The van der Waals surface area contributed by atoms with Gasteiger partial charge in [-0.3, -0.25) is 9.80 Å². The van der Waals surface area contributed by atoms with Gasteiger partial charge in [0.25, 0.3) is 0 Å². The summed E-state index contributed by atoms with van der Waals surface area (Å²) in [5, 5.41) is 10.1. The average Bonchev–Trinajstić information content (AvgIpc) is 2.26. The van der Waals surface area contributed by atoms with Crippen LogP contribution in [0.4, 0.5) is 0 Å². The molecule has 1 saturated carbocycles. The van der Waals surface area contributed by atoms with Crippen LogP contribution in [0.3, 0.4) is 0 Å². The van der Waals surface area contributed by atoms with Gasteiger partial charge in [0.2, 0.25) is 0 Å². The van der Waals surface area contributed by atoms with Gasteiger partial charge in [-0.15, -0.1) is 0 Å². The van der Waals surface area contributed by atoms with Crippen molar-refractivity contribution in [3.63, 3.8) is 0 Å². The Morgan fingerprint density at radius 2 is 1.56 bits per heavy atom. The second-order valence-electron chi connectivity index (χ2n) is 5.74. The van der Waals surface area contributed by atoms with Crippen LogP contribution in [0.5, 0.6) is 0 Å². The Morgan fingerprint density at radius 1 is 1.00 bits per heavy atom. The van der Waals surface area contributed by atoms with Crippen molar-refractivity contribution in [3.8, 4) is 0 Å². The van der Waals surface area contributed by atoms with E-state index in [1.807, 2.05) is 0 Å². The first-order chi connectivity index (χ1) is 7.59. The molecule has 0 bridgehead atoms. The van der Waals surface area contributed by atoms with Crippen molar-refractivity contribution in [2.24, 2.45) is 0 Å². The molecule has 1 saturated heterocycles. The van der Waals surface area contributed by atoms with Crippen molar-refractivity contribution in [2.45, 2.75) is 63.8 Å². The summed E-state index contributed by atoms with van der Waals surface area (Å²) in [5.74, 6) is 0. The minimum atomic E-state index is -0.0865. The first-order valence-electron chi connectivity index (χ1n) is 6.73. The number of likely N-dealkylation sites (N-methyl/N-ethyl adjacent to an activating group) is 1. The van der Waals surface area contributed by atoms with E-state index < -0.39 is 0 Å². The maximum Gasteiger partial charge on any atom is 0.0695 e. The van der Waals surface area contributed by atoms with Crippen LogP contribution < -0.4 is 0 Å². The quantitative estimate of drug-likeness (QED) is 0.730. The van der Waals surface area contributed by atoms with E-state index in [2.05, 4.69) is 30.7 Å². The zero-order valence-corrected chi connectivity index (χ0v) is 10.9. The molecule has 0 aromatic rings. The van der Waals surface area contributed by atoms with Crippen molar-refractivity contribution in [2.75, 3.05) is 20.1 Å². The molecule has 0 amide bonds. The summed E-state index contributed by atoms with van der Waals surface area (Å²) in [6, 6.07) is 1.64. The van der Waals surface area contributed by atoms with Crippen LogP contribution in [0.2, 0.25) is 0 Å². The maximum atomic E-state index is 10.1. The second-order valence-corrected chi connectivity index (χ2v) is 5.74. The van der Waals surface area contributed by atoms with E-state index in [1.165, 1.54) is 19.3 Å². The molecular weight excluding hydrogens is 200 g/mol. The van der Waals surface area contributed by atoms with Gasteiger partial charge in [0.15, 0.2) is 0 Å². The highest BCUT2D eigenvalue weighted by atomic mass is 16.3. The molecule has 1 aliphatic carbocycles. The lowest BCUT2D eigenvalue weighted by atomic mass is 9.90. The normalized spacial score (nSPS) is 43.5. The number of rotatable bonds is 1. The first kappa shape index (κ1) is 12.3. The molecule has 2 aliphatic rings. The van der Waals surface area contributed by atoms with Crippen LogP contribution >= 0.6 is 0 Å². The molecule has 94 valence electrons. The number of hydrogen-bond donors (Lipinski definition) is 1. The van der Waals surface area contributed by atoms with E-state index in [0.717, 1.165) is 19.5 Å². The molecule has 16 heavy (non-hydrogen) atoms. The second kappa shape index (κ2) is 5.03.